The zero-order valence-corrected chi connectivity index (χ0v) is 14.9. The summed E-state index contributed by atoms with van der Waals surface area (Å²) < 4.78 is 0.574. The third kappa shape index (κ3) is 3.11. The van der Waals surface area contributed by atoms with Crippen LogP contribution in [0.5, 0.6) is 0 Å². The fourth-order valence-electron chi connectivity index (χ4n) is 1.58. The predicted molar refractivity (Wildman–Crippen MR) is 89.1 cm³/mol. The molecule has 0 atom stereocenters. The van der Waals surface area contributed by atoms with Gasteiger partial charge in [0.15, 0.2) is 5.78 Å². The van der Waals surface area contributed by atoms with E-state index < -0.39 is 5.78 Å². The zero-order valence-electron chi connectivity index (χ0n) is 9.49. The molecule has 0 N–H and O–H groups in total. The van der Waals surface area contributed by atoms with E-state index >= 15 is 0 Å². The van der Waals surface area contributed by atoms with E-state index in [-0.39, 0.29) is 25.7 Å². The fourth-order valence-corrected chi connectivity index (χ4v) is 3.26. The molecule has 0 fully saturated rings. The van der Waals surface area contributed by atoms with Gasteiger partial charge in [-0.3, -0.25) is 4.79 Å². The van der Waals surface area contributed by atoms with Crippen molar-refractivity contribution in [1.29, 1.82) is 0 Å². The maximum atomic E-state index is 12.6. The summed E-state index contributed by atoms with van der Waals surface area (Å²) in [6.45, 7) is 0. The Morgan fingerprint density at radius 2 is 1.55 bits per heavy atom. The third-order valence-electron chi connectivity index (χ3n) is 2.51. The zero-order chi connectivity index (χ0) is 15.0. The molecular formula is C13H4BrCl5O. The number of benzene rings is 2. The van der Waals surface area contributed by atoms with Crippen molar-refractivity contribution in [1.82, 2.24) is 0 Å². The van der Waals surface area contributed by atoms with Gasteiger partial charge in [-0.2, -0.15) is 0 Å². The molecule has 0 radical (unpaired) electrons. The van der Waals surface area contributed by atoms with E-state index in [9.17, 15) is 4.79 Å². The molecule has 0 spiro atoms. The number of hydrogen-bond acceptors (Lipinski definition) is 1. The minimum absolute atomic E-state index is 0.0149. The lowest BCUT2D eigenvalue weighted by atomic mass is 10.0. The van der Waals surface area contributed by atoms with Gasteiger partial charge in [0.25, 0.3) is 0 Å². The van der Waals surface area contributed by atoms with Crippen LogP contribution in [0.1, 0.15) is 15.9 Å². The lowest BCUT2D eigenvalue weighted by Crippen LogP contribution is -2.05. The molecule has 2 rings (SSSR count). The van der Waals surface area contributed by atoms with Gasteiger partial charge in [-0.15, -0.1) is 0 Å². The SMILES string of the molecule is O=C(c1cc(Cl)ccc1Br)c1c(Cl)cc(Cl)c(Cl)c1Cl. The van der Waals surface area contributed by atoms with Crippen LogP contribution >= 0.6 is 73.9 Å². The van der Waals surface area contributed by atoms with E-state index in [2.05, 4.69) is 15.9 Å². The van der Waals surface area contributed by atoms with Crippen LogP contribution in [-0.4, -0.2) is 5.78 Å². The minimum Gasteiger partial charge on any atom is -0.288 e. The first-order valence-corrected chi connectivity index (χ1v) is 7.84. The average Bonchev–Trinajstić information content (AvgIpc) is 2.39. The summed E-state index contributed by atoms with van der Waals surface area (Å²) in [5.74, 6) is -0.395. The number of halogens is 6. The first kappa shape index (κ1) is 16.4. The highest BCUT2D eigenvalue weighted by molar-refractivity contribution is 9.10. The van der Waals surface area contributed by atoms with E-state index in [0.717, 1.165) is 0 Å². The largest absolute Gasteiger partial charge is 0.288 e. The van der Waals surface area contributed by atoms with Crippen molar-refractivity contribution in [2.45, 2.75) is 0 Å². The normalized spacial score (nSPS) is 10.7. The Labute approximate surface area is 148 Å². The Morgan fingerprint density at radius 3 is 2.20 bits per heavy atom. The quantitative estimate of drug-likeness (QED) is 0.285. The molecule has 1 nitrogen and oxygen atoms in total. The molecule has 0 saturated heterocycles. The summed E-state index contributed by atoms with van der Waals surface area (Å²) in [6.07, 6.45) is 0. The predicted octanol–water partition coefficient (Wildman–Crippen LogP) is 6.95. The molecule has 7 heteroatoms. The maximum absolute atomic E-state index is 12.6. The Bertz CT molecular complexity index is 714. The highest BCUT2D eigenvalue weighted by Crippen LogP contribution is 2.39. The van der Waals surface area contributed by atoms with Crippen LogP contribution in [0.25, 0.3) is 0 Å². The van der Waals surface area contributed by atoms with Gasteiger partial charge < -0.3 is 0 Å². The van der Waals surface area contributed by atoms with E-state index in [4.69, 9.17) is 58.0 Å². The lowest BCUT2D eigenvalue weighted by molar-refractivity contribution is 0.103. The topological polar surface area (TPSA) is 17.1 Å². The first-order valence-electron chi connectivity index (χ1n) is 5.15. The number of hydrogen-bond donors (Lipinski definition) is 0. The van der Waals surface area contributed by atoms with Crippen molar-refractivity contribution in [3.8, 4) is 0 Å². The van der Waals surface area contributed by atoms with Crippen LogP contribution in [0.4, 0.5) is 0 Å². The maximum Gasteiger partial charge on any atom is 0.197 e. The molecule has 0 aliphatic rings. The van der Waals surface area contributed by atoms with Crippen LogP contribution in [0, 0.1) is 0 Å². The summed E-state index contributed by atoms with van der Waals surface area (Å²) in [5, 5.41) is 0.828. The molecular weight excluding hydrogens is 429 g/mol. The van der Waals surface area contributed by atoms with Crippen molar-refractivity contribution < 1.29 is 4.79 Å². The van der Waals surface area contributed by atoms with Crippen LogP contribution in [0.2, 0.25) is 25.1 Å². The smallest absolute Gasteiger partial charge is 0.197 e. The highest BCUT2D eigenvalue weighted by atomic mass is 79.9. The summed E-state index contributed by atoms with van der Waals surface area (Å²) in [7, 11) is 0. The molecule has 104 valence electrons. The van der Waals surface area contributed by atoms with Crippen LogP contribution < -0.4 is 0 Å². The second-order valence-electron chi connectivity index (χ2n) is 3.80. The molecule has 0 saturated carbocycles. The van der Waals surface area contributed by atoms with Gasteiger partial charge in [0, 0.05) is 15.1 Å². The fraction of sp³-hybridized carbons (Fsp3) is 0. The molecule has 0 aliphatic heterocycles. The molecule has 20 heavy (non-hydrogen) atoms. The Hall–Kier alpha value is 0.0400. The molecule has 0 amide bonds. The average molecular weight is 433 g/mol. The van der Waals surface area contributed by atoms with E-state index in [1.807, 2.05) is 0 Å². The second kappa shape index (κ2) is 6.43. The summed E-state index contributed by atoms with van der Waals surface area (Å²) >= 11 is 33.1. The van der Waals surface area contributed by atoms with Gasteiger partial charge in [-0.1, -0.05) is 73.9 Å². The van der Waals surface area contributed by atoms with Crippen molar-refractivity contribution in [2.24, 2.45) is 0 Å². The summed E-state index contributed by atoms with van der Waals surface area (Å²) in [5.41, 5.74) is 0.422. The van der Waals surface area contributed by atoms with Crippen molar-refractivity contribution in [2.75, 3.05) is 0 Å². The molecule has 0 aromatic heterocycles. The number of carbonyl (C=O) groups excluding carboxylic acids is 1. The van der Waals surface area contributed by atoms with E-state index in [1.165, 1.54) is 12.1 Å². The molecule has 0 bridgehead atoms. The van der Waals surface area contributed by atoms with Gasteiger partial charge >= 0.3 is 0 Å². The van der Waals surface area contributed by atoms with Gasteiger partial charge in [0.05, 0.1) is 25.7 Å². The Morgan fingerprint density at radius 1 is 0.900 bits per heavy atom. The molecule has 2 aromatic carbocycles. The standard InChI is InChI=1S/C13H4BrCl5O/c14-7-2-1-5(15)3-6(7)13(20)10-8(16)4-9(17)11(18)12(10)19/h1-4H. The number of ketones is 1. The van der Waals surface area contributed by atoms with Crippen LogP contribution in [0.3, 0.4) is 0 Å². The summed E-state index contributed by atoms with van der Waals surface area (Å²) in [4.78, 5) is 12.6. The van der Waals surface area contributed by atoms with Gasteiger partial charge in [-0.05, 0) is 24.3 Å². The van der Waals surface area contributed by atoms with Crippen LogP contribution in [-0.2, 0) is 0 Å². The van der Waals surface area contributed by atoms with Crippen molar-refractivity contribution >= 4 is 79.7 Å². The molecule has 0 unspecified atom stereocenters. The molecule has 0 aliphatic carbocycles. The van der Waals surface area contributed by atoms with Crippen LogP contribution in [0.15, 0.2) is 28.7 Å². The first-order chi connectivity index (χ1) is 9.32. The van der Waals surface area contributed by atoms with Gasteiger partial charge in [0.2, 0.25) is 0 Å². The Kier molecular flexibility index (Phi) is 5.28. The summed E-state index contributed by atoms with van der Waals surface area (Å²) in [6, 6.07) is 6.21. The van der Waals surface area contributed by atoms with Crippen molar-refractivity contribution in [3.63, 3.8) is 0 Å². The third-order valence-corrected chi connectivity index (χ3v) is 5.00. The highest BCUT2D eigenvalue weighted by Gasteiger charge is 2.22. The minimum atomic E-state index is -0.395. The van der Waals surface area contributed by atoms with E-state index in [1.54, 1.807) is 12.1 Å². The van der Waals surface area contributed by atoms with Gasteiger partial charge in [-0.25, -0.2) is 0 Å². The Balaban J connectivity index is 2.66. The monoisotopic (exact) mass is 430 g/mol. The molecule has 0 heterocycles. The second-order valence-corrected chi connectivity index (χ2v) is 6.66. The molecule has 2 aromatic rings. The van der Waals surface area contributed by atoms with Crippen molar-refractivity contribution in [3.05, 3.63) is 65.0 Å². The van der Waals surface area contributed by atoms with E-state index in [0.29, 0.717) is 15.1 Å². The van der Waals surface area contributed by atoms with Gasteiger partial charge in [0.1, 0.15) is 0 Å². The number of carbonyl (C=O) groups is 1. The number of rotatable bonds is 2. The lowest BCUT2D eigenvalue weighted by Gasteiger charge is -2.10.